The van der Waals surface area contributed by atoms with Gasteiger partial charge in [0.05, 0.1) is 11.0 Å². The number of sulfonamides is 1. The molecule has 1 N–H and O–H groups in total. The fourth-order valence-electron chi connectivity index (χ4n) is 1.37. The van der Waals surface area contributed by atoms with Gasteiger partial charge in [-0.3, -0.25) is 0 Å². The van der Waals surface area contributed by atoms with Crippen LogP contribution < -0.4 is 14.2 Å². The predicted molar refractivity (Wildman–Crippen MR) is 58.0 cm³/mol. The van der Waals surface area contributed by atoms with Crippen LogP contribution in [0.25, 0.3) is 0 Å². The third-order valence-electron chi connectivity index (χ3n) is 2.18. The molecule has 1 aliphatic heterocycles. The third kappa shape index (κ3) is 2.49. The molecule has 6 nitrogen and oxygen atoms in total. The second kappa shape index (κ2) is 4.61. The molecule has 0 aliphatic carbocycles. The van der Waals surface area contributed by atoms with Crippen molar-refractivity contribution in [3.8, 4) is 17.6 Å². The Balaban J connectivity index is 2.19. The van der Waals surface area contributed by atoms with Gasteiger partial charge in [0.2, 0.25) is 16.8 Å². The zero-order valence-corrected chi connectivity index (χ0v) is 9.66. The minimum atomic E-state index is -3.59. The highest BCUT2D eigenvalue weighted by atomic mass is 32.2. The fourth-order valence-corrected chi connectivity index (χ4v) is 2.42. The molecule has 0 fully saturated rings. The van der Waals surface area contributed by atoms with Gasteiger partial charge in [-0.2, -0.15) is 5.26 Å². The Labute approximate surface area is 98.8 Å². The van der Waals surface area contributed by atoms with Gasteiger partial charge < -0.3 is 9.47 Å². The molecule has 0 spiro atoms. The Morgan fingerprint density at radius 2 is 2.12 bits per heavy atom. The lowest BCUT2D eigenvalue weighted by Gasteiger charge is -2.05. The third-order valence-corrected chi connectivity index (χ3v) is 3.64. The van der Waals surface area contributed by atoms with Crippen LogP contribution in [0.2, 0.25) is 0 Å². The highest BCUT2D eigenvalue weighted by Crippen LogP contribution is 2.33. The first kappa shape index (κ1) is 11.7. The van der Waals surface area contributed by atoms with E-state index >= 15 is 0 Å². The summed E-state index contributed by atoms with van der Waals surface area (Å²) in [7, 11) is -3.59. The number of rotatable bonds is 4. The normalized spacial score (nSPS) is 13.4. The number of nitriles is 1. The zero-order chi connectivity index (χ0) is 12.3. The van der Waals surface area contributed by atoms with Crippen LogP contribution in [0.15, 0.2) is 23.1 Å². The highest BCUT2D eigenvalue weighted by Gasteiger charge is 2.19. The van der Waals surface area contributed by atoms with E-state index in [2.05, 4.69) is 4.72 Å². The van der Waals surface area contributed by atoms with Gasteiger partial charge in [-0.05, 0) is 12.1 Å². The van der Waals surface area contributed by atoms with Crippen LogP contribution in [0, 0.1) is 11.3 Å². The molecule has 2 rings (SSSR count). The molecule has 0 bridgehead atoms. The summed E-state index contributed by atoms with van der Waals surface area (Å²) in [5, 5.41) is 8.34. The van der Waals surface area contributed by atoms with E-state index in [1.807, 2.05) is 6.07 Å². The first-order valence-corrected chi connectivity index (χ1v) is 6.38. The molecule has 17 heavy (non-hydrogen) atoms. The molecule has 1 aromatic rings. The van der Waals surface area contributed by atoms with Gasteiger partial charge in [0, 0.05) is 19.0 Å². The van der Waals surface area contributed by atoms with E-state index in [9.17, 15) is 8.42 Å². The lowest BCUT2D eigenvalue weighted by molar-refractivity contribution is 0.174. The van der Waals surface area contributed by atoms with Gasteiger partial charge in [-0.1, -0.05) is 0 Å². The summed E-state index contributed by atoms with van der Waals surface area (Å²) in [4.78, 5) is 0.0969. The van der Waals surface area contributed by atoms with E-state index in [4.69, 9.17) is 14.7 Å². The van der Waals surface area contributed by atoms with Crippen molar-refractivity contribution in [3.63, 3.8) is 0 Å². The second-order valence-corrected chi connectivity index (χ2v) is 5.09. The Morgan fingerprint density at radius 3 is 2.88 bits per heavy atom. The van der Waals surface area contributed by atoms with E-state index in [1.54, 1.807) is 6.07 Å². The lowest BCUT2D eigenvalue weighted by atomic mass is 10.3. The summed E-state index contributed by atoms with van der Waals surface area (Å²) in [6, 6.07) is 6.24. The van der Waals surface area contributed by atoms with Gasteiger partial charge in [0.15, 0.2) is 11.5 Å². The van der Waals surface area contributed by atoms with Gasteiger partial charge in [0.25, 0.3) is 0 Å². The van der Waals surface area contributed by atoms with Crippen molar-refractivity contribution in [1.29, 1.82) is 5.26 Å². The molecule has 0 unspecified atom stereocenters. The number of nitrogens with zero attached hydrogens (tertiary/aromatic N) is 1. The maximum Gasteiger partial charge on any atom is 0.240 e. The van der Waals surface area contributed by atoms with Crippen LogP contribution >= 0.6 is 0 Å². The van der Waals surface area contributed by atoms with Gasteiger partial charge in [-0.15, -0.1) is 0 Å². The van der Waals surface area contributed by atoms with E-state index in [0.29, 0.717) is 11.5 Å². The molecular formula is C10H10N2O4S. The maximum absolute atomic E-state index is 11.8. The lowest BCUT2D eigenvalue weighted by Crippen LogP contribution is -2.24. The van der Waals surface area contributed by atoms with Crippen molar-refractivity contribution < 1.29 is 17.9 Å². The van der Waals surface area contributed by atoms with Gasteiger partial charge in [-0.25, -0.2) is 13.1 Å². The highest BCUT2D eigenvalue weighted by molar-refractivity contribution is 7.89. The van der Waals surface area contributed by atoms with Crippen molar-refractivity contribution in [2.75, 3.05) is 13.3 Å². The van der Waals surface area contributed by atoms with Gasteiger partial charge in [0.1, 0.15) is 0 Å². The Kier molecular flexibility index (Phi) is 3.17. The molecule has 0 amide bonds. The van der Waals surface area contributed by atoms with Crippen molar-refractivity contribution >= 4 is 10.0 Å². The van der Waals surface area contributed by atoms with E-state index in [-0.39, 0.29) is 24.7 Å². The smallest absolute Gasteiger partial charge is 0.240 e. The van der Waals surface area contributed by atoms with Crippen LogP contribution in [0.1, 0.15) is 6.42 Å². The summed E-state index contributed by atoms with van der Waals surface area (Å²) in [5.41, 5.74) is 0. The van der Waals surface area contributed by atoms with Crippen LogP contribution in [-0.4, -0.2) is 21.8 Å². The number of hydrogen-bond donors (Lipinski definition) is 1. The minimum Gasteiger partial charge on any atom is -0.454 e. The molecule has 7 heteroatoms. The summed E-state index contributed by atoms with van der Waals surface area (Å²) in [6.07, 6.45) is 0.129. The number of benzene rings is 1. The molecule has 0 saturated heterocycles. The Hall–Kier alpha value is -1.78. The van der Waals surface area contributed by atoms with E-state index < -0.39 is 10.0 Å². The number of nitrogens with one attached hydrogen (secondary N) is 1. The molecule has 0 radical (unpaired) electrons. The van der Waals surface area contributed by atoms with Crippen LogP contribution in [0.5, 0.6) is 11.5 Å². The summed E-state index contributed by atoms with van der Waals surface area (Å²) in [5.74, 6) is 0.939. The van der Waals surface area contributed by atoms with Crippen LogP contribution in [0.3, 0.4) is 0 Å². The molecule has 0 saturated carbocycles. The Morgan fingerprint density at radius 1 is 1.35 bits per heavy atom. The minimum absolute atomic E-state index is 0.0906. The first-order chi connectivity index (χ1) is 8.13. The fraction of sp³-hybridized carbons (Fsp3) is 0.300. The second-order valence-electron chi connectivity index (χ2n) is 3.32. The van der Waals surface area contributed by atoms with Crippen LogP contribution in [0.4, 0.5) is 0 Å². The molecule has 1 aliphatic rings. The molecular weight excluding hydrogens is 244 g/mol. The monoisotopic (exact) mass is 254 g/mol. The van der Waals surface area contributed by atoms with Crippen LogP contribution in [-0.2, 0) is 10.0 Å². The zero-order valence-electron chi connectivity index (χ0n) is 8.84. The molecule has 0 atom stereocenters. The molecule has 1 heterocycles. The number of ether oxygens (including phenoxy) is 2. The average molecular weight is 254 g/mol. The first-order valence-electron chi connectivity index (χ1n) is 4.90. The predicted octanol–water partition coefficient (Wildman–Crippen LogP) is 0.607. The van der Waals surface area contributed by atoms with Crippen molar-refractivity contribution in [3.05, 3.63) is 18.2 Å². The maximum atomic E-state index is 11.8. The molecule has 0 aromatic heterocycles. The SMILES string of the molecule is N#CCCNS(=O)(=O)c1ccc2c(c1)OCO2. The number of hydrogen-bond acceptors (Lipinski definition) is 5. The summed E-state index contributed by atoms with van der Waals surface area (Å²) < 4.78 is 36.1. The van der Waals surface area contributed by atoms with Gasteiger partial charge >= 0.3 is 0 Å². The summed E-state index contributed by atoms with van der Waals surface area (Å²) >= 11 is 0. The van der Waals surface area contributed by atoms with Crippen molar-refractivity contribution in [2.24, 2.45) is 0 Å². The standard InChI is InChI=1S/C10H10N2O4S/c11-4-1-5-12-17(13,14)8-2-3-9-10(6-8)16-7-15-9/h2-3,6,12H,1,5,7H2. The Bertz CT molecular complexity index is 562. The summed E-state index contributed by atoms with van der Waals surface area (Å²) in [6.45, 7) is 0.188. The largest absolute Gasteiger partial charge is 0.454 e. The van der Waals surface area contributed by atoms with Crippen molar-refractivity contribution in [2.45, 2.75) is 11.3 Å². The molecule has 90 valence electrons. The topological polar surface area (TPSA) is 88.4 Å². The van der Waals surface area contributed by atoms with E-state index in [0.717, 1.165) is 0 Å². The van der Waals surface area contributed by atoms with E-state index in [1.165, 1.54) is 12.1 Å². The average Bonchev–Trinajstić information content (AvgIpc) is 2.76. The van der Waals surface area contributed by atoms with Crippen molar-refractivity contribution in [1.82, 2.24) is 4.72 Å². The number of fused-ring (bicyclic) bond motifs is 1. The quantitative estimate of drug-likeness (QED) is 0.795. The molecule has 1 aromatic carbocycles.